The molecule has 2 rings (SSSR count). The highest BCUT2D eigenvalue weighted by Crippen LogP contribution is 2.33. The molecule has 3 N–H and O–H groups in total. The van der Waals surface area contributed by atoms with Gasteiger partial charge in [0.2, 0.25) is 10.0 Å². The smallest absolute Gasteiger partial charge is 0.242 e. The lowest BCUT2D eigenvalue weighted by Crippen LogP contribution is -2.34. The van der Waals surface area contributed by atoms with Crippen LogP contribution in [0, 0.1) is 11.7 Å². The van der Waals surface area contributed by atoms with E-state index in [-0.39, 0.29) is 16.6 Å². The predicted octanol–water partition coefficient (Wildman–Crippen LogP) is 1.48. The molecular weight excluding hydrogens is 243 g/mol. The molecule has 0 radical (unpaired) electrons. The van der Waals surface area contributed by atoms with Gasteiger partial charge in [-0.1, -0.05) is 6.07 Å². The minimum Gasteiger partial charge on any atom is -0.395 e. The molecule has 1 aliphatic carbocycles. The number of sulfonamides is 1. The number of para-hydroxylation sites is 1. The van der Waals surface area contributed by atoms with Crippen LogP contribution in [0.4, 0.5) is 10.1 Å². The van der Waals surface area contributed by atoms with Gasteiger partial charge in [0.05, 0.1) is 5.69 Å². The van der Waals surface area contributed by atoms with Crippen LogP contribution in [0.1, 0.15) is 19.8 Å². The van der Waals surface area contributed by atoms with E-state index < -0.39 is 15.8 Å². The Morgan fingerprint density at radius 1 is 1.47 bits per heavy atom. The quantitative estimate of drug-likeness (QED) is 0.804. The lowest BCUT2D eigenvalue weighted by molar-refractivity contribution is 0.537. The molecule has 0 aromatic heterocycles. The molecule has 0 spiro atoms. The van der Waals surface area contributed by atoms with Crippen molar-refractivity contribution >= 4 is 15.7 Å². The second-order valence-corrected chi connectivity index (χ2v) is 6.08. The molecule has 1 aliphatic rings. The van der Waals surface area contributed by atoms with Crippen molar-refractivity contribution in [3.63, 3.8) is 0 Å². The Kier molecular flexibility index (Phi) is 3.09. The van der Waals surface area contributed by atoms with Crippen LogP contribution >= 0.6 is 0 Å². The molecule has 94 valence electrons. The molecule has 0 amide bonds. The second-order valence-electron chi connectivity index (χ2n) is 4.40. The second kappa shape index (κ2) is 4.27. The first-order valence-corrected chi connectivity index (χ1v) is 6.96. The molecule has 0 heterocycles. The molecule has 1 atom stereocenters. The molecule has 17 heavy (non-hydrogen) atoms. The molecule has 1 fully saturated rings. The lowest BCUT2D eigenvalue weighted by Gasteiger charge is -2.14. The summed E-state index contributed by atoms with van der Waals surface area (Å²) in [5.41, 5.74) is 5.11. The number of benzene rings is 1. The van der Waals surface area contributed by atoms with Crippen LogP contribution in [-0.4, -0.2) is 14.5 Å². The number of hydrogen-bond acceptors (Lipinski definition) is 3. The van der Waals surface area contributed by atoms with Crippen molar-refractivity contribution in [1.29, 1.82) is 0 Å². The Balaban J connectivity index is 2.27. The van der Waals surface area contributed by atoms with Gasteiger partial charge in [-0.25, -0.2) is 17.5 Å². The van der Waals surface area contributed by atoms with Crippen molar-refractivity contribution in [3.8, 4) is 0 Å². The van der Waals surface area contributed by atoms with Crippen LogP contribution in [0.2, 0.25) is 0 Å². The van der Waals surface area contributed by atoms with Crippen LogP contribution in [0.15, 0.2) is 23.1 Å². The molecule has 4 nitrogen and oxygen atoms in total. The van der Waals surface area contributed by atoms with E-state index in [0.29, 0.717) is 5.92 Å². The lowest BCUT2D eigenvalue weighted by atomic mass is 10.2. The molecule has 6 heteroatoms. The third-order valence-corrected chi connectivity index (χ3v) is 4.59. The fourth-order valence-corrected chi connectivity index (χ4v) is 3.21. The Morgan fingerprint density at radius 3 is 2.71 bits per heavy atom. The van der Waals surface area contributed by atoms with Gasteiger partial charge in [0.1, 0.15) is 10.7 Å². The highest BCUT2D eigenvalue weighted by Gasteiger charge is 2.32. The zero-order chi connectivity index (χ0) is 12.6. The Bertz CT molecular complexity index is 526. The summed E-state index contributed by atoms with van der Waals surface area (Å²) in [6.07, 6.45) is 2.06. The van der Waals surface area contributed by atoms with E-state index in [1.807, 2.05) is 6.92 Å². The van der Waals surface area contributed by atoms with Crippen molar-refractivity contribution in [1.82, 2.24) is 4.72 Å². The zero-order valence-corrected chi connectivity index (χ0v) is 10.3. The third kappa shape index (κ3) is 2.58. The zero-order valence-electron chi connectivity index (χ0n) is 9.48. The van der Waals surface area contributed by atoms with Gasteiger partial charge >= 0.3 is 0 Å². The number of anilines is 1. The number of nitrogens with one attached hydrogen (secondary N) is 1. The average Bonchev–Trinajstić information content (AvgIpc) is 3.04. The summed E-state index contributed by atoms with van der Waals surface area (Å²) in [5, 5.41) is 0. The minimum absolute atomic E-state index is 0.136. The Morgan fingerprint density at radius 2 is 2.12 bits per heavy atom. The van der Waals surface area contributed by atoms with Gasteiger partial charge in [-0.05, 0) is 37.8 Å². The van der Waals surface area contributed by atoms with Gasteiger partial charge in [-0.15, -0.1) is 0 Å². The summed E-state index contributed by atoms with van der Waals surface area (Å²) in [6.45, 7) is 1.81. The molecule has 1 unspecified atom stereocenters. The van der Waals surface area contributed by atoms with E-state index in [1.165, 1.54) is 12.1 Å². The Hall–Kier alpha value is -1.14. The van der Waals surface area contributed by atoms with Crippen LogP contribution in [0.25, 0.3) is 0 Å². The highest BCUT2D eigenvalue weighted by molar-refractivity contribution is 7.89. The standard InChI is InChI=1S/C11H15FN2O2S/c1-7(8-5-6-8)14-17(15,16)10-4-2-3-9(12)11(10)13/h2-4,7-8,14H,5-6,13H2,1H3. The summed E-state index contributed by atoms with van der Waals surface area (Å²) in [6, 6.07) is 3.64. The number of halogens is 1. The number of nitrogen functional groups attached to an aromatic ring is 1. The summed E-state index contributed by atoms with van der Waals surface area (Å²) in [4.78, 5) is -0.190. The highest BCUT2D eigenvalue weighted by atomic mass is 32.2. The number of nitrogens with two attached hydrogens (primary N) is 1. The normalized spacial score (nSPS) is 18.0. The van der Waals surface area contributed by atoms with Crippen LogP contribution in [-0.2, 0) is 10.0 Å². The van der Waals surface area contributed by atoms with Gasteiger partial charge in [0.15, 0.2) is 0 Å². The first kappa shape index (κ1) is 12.3. The molecule has 1 aromatic rings. The molecule has 1 saturated carbocycles. The largest absolute Gasteiger partial charge is 0.395 e. The SMILES string of the molecule is CC(NS(=O)(=O)c1cccc(F)c1N)C1CC1. The summed E-state index contributed by atoms with van der Waals surface area (Å²) >= 11 is 0. The van der Waals surface area contributed by atoms with E-state index in [1.54, 1.807) is 0 Å². The van der Waals surface area contributed by atoms with Crippen molar-refractivity contribution in [3.05, 3.63) is 24.0 Å². The maximum Gasteiger partial charge on any atom is 0.242 e. The average molecular weight is 258 g/mol. The summed E-state index contributed by atoms with van der Waals surface area (Å²) < 4.78 is 39.7. The van der Waals surface area contributed by atoms with Crippen molar-refractivity contribution in [2.24, 2.45) is 5.92 Å². The molecule has 0 aliphatic heterocycles. The monoisotopic (exact) mass is 258 g/mol. The maximum absolute atomic E-state index is 13.2. The van der Waals surface area contributed by atoms with E-state index in [2.05, 4.69) is 4.72 Å². The first-order valence-electron chi connectivity index (χ1n) is 5.48. The molecule has 0 bridgehead atoms. The predicted molar refractivity (Wildman–Crippen MR) is 63.3 cm³/mol. The fraction of sp³-hybridized carbons (Fsp3) is 0.455. The van der Waals surface area contributed by atoms with E-state index in [0.717, 1.165) is 18.9 Å². The van der Waals surface area contributed by atoms with E-state index in [4.69, 9.17) is 5.73 Å². The Labute approximate surface area is 100 Å². The third-order valence-electron chi connectivity index (χ3n) is 2.97. The minimum atomic E-state index is -3.73. The van der Waals surface area contributed by atoms with Crippen LogP contribution in [0.5, 0.6) is 0 Å². The van der Waals surface area contributed by atoms with Gasteiger partial charge in [0, 0.05) is 6.04 Å². The van der Waals surface area contributed by atoms with E-state index >= 15 is 0 Å². The molecule has 0 saturated heterocycles. The van der Waals surface area contributed by atoms with Crippen LogP contribution in [0.3, 0.4) is 0 Å². The summed E-state index contributed by atoms with van der Waals surface area (Å²) in [5.74, 6) is -0.327. The number of rotatable bonds is 4. The molecular formula is C11H15FN2O2S. The first-order chi connectivity index (χ1) is 7.92. The van der Waals surface area contributed by atoms with Crippen molar-refractivity contribution in [2.45, 2.75) is 30.7 Å². The fourth-order valence-electron chi connectivity index (χ4n) is 1.75. The van der Waals surface area contributed by atoms with Gasteiger partial charge in [-0.3, -0.25) is 0 Å². The van der Waals surface area contributed by atoms with Gasteiger partial charge in [-0.2, -0.15) is 0 Å². The summed E-state index contributed by atoms with van der Waals surface area (Å²) in [7, 11) is -3.73. The van der Waals surface area contributed by atoms with Crippen molar-refractivity contribution < 1.29 is 12.8 Å². The van der Waals surface area contributed by atoms with Crippen molar-refractivity contribution in [2.75, 3.05) is 5.73 Å². The topological polar surface area (TPSA) is 72.2 Å². The van der Waals surface area contributed by atoms with Gasteiger partial charge in [0.25, 0.3) is 0 Å². The number of hydrogen-bond donors (Lipinski definition) is 2. The maximum atomic E-state index is 13.2. The van der Waals surface area contributed by atoms with E-state index in [9.17, 15) is 12.8 Å². The molecule has 1 aromatic carbocycles. The van der Waals surface area contributed by atoms with Crippen LogP contribution < -0.4 is 10.5 Å². The van der Waals surface area contributed by atoms with Gasteiger partial charge < -0.3 is 5.73 Å².